The van der Waals surface area contributed by atoms with Gasteiger partial charge in [0.05, 0.1) is 0 Å². The zero-order chi connectivity index (χ0) is 19.1. The molecule has 27 heavy (non-hydrogen) atoms. The number of rotatable bonds is 7. The number of hydrogen-bond donors (Lipinski definition) is 1. The Kier molecular flexibility index (Phi) is 7.50. The maximum Gasteiger partial charge on any atom is 0.194 e. The number of nitrogens with one attached hydrogen (secondary N) is 1. The molecule has 3 rings (SSSR count). The summed E-state index contributed by atoms with van der Waals surface area (Å²) in [4.78, 5) is 10.0. The van der Waals surface area contributed by atoms with Crippen LogP contribution in [0.3, 0.4) is 0 Å². The summed E-state index contributed by atoms with van der Waals surface area (Å²) >= 11 is 0. The molecule has 3 heterocycles. The molecule has 0 spiro atoms. The van der Waals surface area contributed by atoms with Crippen molar-refractivity contribution in [2.45, 2.75) is 58.9 Å². The van der Waals surface area contributed by atoms with Crippen LogP contribution < -0.4 is 5.32 Å². The van der Waals surface area contributed by atoms with Gasteiger partial charge in [-0.3, -0.25) is 0 Å². The van der Waals surface area contributed by atoms with E-state index in [1.54, 1.807) is 0 Å². The minimum atomic E-state index is 0.582. The normalized spacial score (nSPS) is 21.8. The predicted octanol–water partition coefficient (Wildman–Crippen LogP) is 2.18. The standard InChI is InChI=1S/C20H37N7/c1-4-5-10-21-20(22-14-19-24-23-17(2)25(19)3)27-13-9-18(16-27)15-26-11-7-6-8-12-26/h18H,4-16H2,1-3H3,(H,21,22). The highest BCUT2D eigenvalue weighted by atomic mass is 15.3. The summed E-state index contributed by atoms with van der Waals surface area (Å²) < 4.78 is 2.02. The van der Waals surface area contributed by atoms with Gasteiger partial charge in [-0.25, -0.2) is 4.99 Å². The molecule has 0 radical (unpaired) electrons. The largest absolute Gasteiger partial charge is 0.356 e. The number of aliphatic imine (C=N–C) groups is 1. The third-order valence-corrected chi connectivity index (χ3v) is 5.92. The Hall–Kier alpha value is -1.63. The highest BCUT2D eigenvalue weighted by Gasteiger charge is 2.27. The molecule has 0 saturated carbocycles. The van der Waals surface area contributed by atoms with Crippen LogP contribution in [0.4, 0.5) is 0 Å². The van der Waals surface area contributed by atoms with Crippen LogP contribution in [0.25, 0.3) is 0 Å². The summed E-state index contributed by atoms with van der Waals surface area (Å²) in [5.74, 6) is 3.67. The van der Waals surface area contributed by atoms with Gasteiger partial charge in [0.15, 0.2) is 11.8 Å². The first kappa shape index (κ1) is 20.1. The van der Waals surface area contributed by atoms with Crippen molar-refractivity contribution in [3.8, 4) is 0 Å². The first-order valence-electron chi connectivity index (χ1n) is 10.8. The minimum absolute atomic E-state index is 0.582. The average molecular weight is 376 g/mol. The van der Waals surface area contributed by atoms with Crippen LogP contribution in [0, 0.1) is 12.8 Å². The monoisotopic (exact) mass is 375 g/mol. The summed E-state index contributed by atoms with van der Waals surface area (Å²) in [5, 5.41) is 12.0. The van der Waals surface area contributed by atoms with Gasteiger partial charge < -0.3 is 19.7 Å². The number of hydrogen-bond acceptors (Lipinski definition) is 4. The summed E-state index contributed by atoms with van der Waals surface area (Å²) in [5.41, 5.74) is 0. The number of aryl methyl sites for hydroxylation is 1. The van der Waals surface area contributed by atoms with E-state index >= 15 is 0 Å². The zero-order valence-corrected chi connectivity index (χ0v) is 17.5. The second-order valence-corrected chi connectivity index (χ2v) is 8.10. The van der Waals surface area contributed by atoms with Crippen LogP contribution in [0.15, 0.2) is 4.99 Å². The maximum atomic E-state index is 4.90. The molecule has 0 aromatic carbocycles. The van der Waals surface area contributed by atoms with Crippen molar-refractivity contribution in [3.05, 3.63) is 11.6 Å². The molecule has 0 aliphatic carbocycles. The summed E-state index contributed by atoms with van der Waals surface area (Å²) in [6.07, 6.45) is 7.80. The van der Waals surface area contributed by atoms with Crippen LogP contribution in [0.5, 0.6) is 0 Å². The van der Waals surface area contributed by atoms with E-state index in [1.165, 1.54) is 58.2 Å². The molecule has 0 amide bonds. The molecule has 2 saturated heterocycles. The van der Waals surface area contributed by atoms with E-state index in [4.69, 9.17) is 4.99 Å². The van der Waals surface area contributed by atoms with Crippen molar-refractivity contribution in [3.63, 3.8) is 0 Å². The third-order valence-electron chi connectivity index (χ3n) is 5.92. The Morgan fingerprint density at radius 1 is 1.19 bits per heavy atom. The lowest BCUT2D eigenvalue weighted by molar-refractivity contribution is 0.198. The van der Waals surface area contributed by atoms with Gasteiger partial charge in [0, 0.05) is 33.2 Å². The Bertz CT molecular complexity index is 603. The lowest BCUT2D eigenvalue weighted by Crippen LogP contribution is -2.41. The fourth-order valence-corrected chi connectivity index (χ4v) is 4.06. The maximum absolute atomic E-state index is 4.90. The Labute approximate surface area is 164 Å². The van der Waals surface area contributed by atoms with Gasteiger partial charge in [-0.1, -0.05) is 19.8 Å². The van der Waals surface area contributed by atoms with Gasteiger partial charge in [0.25, 0.3) is 0 Å². The summed E-state index contributed by atoms with van der Waals surface area (Å²) in [6.45, 7) is 11.8. The predicted molar refractivity (Wildman–Crippen MR) is 110 cm³/mol. The molecule has 7 nitrogen and oxygen atoms in total. The van der Waals surface area contributed by atoms with Gasteiger partial charge in [-0.15, -0.1) is 10.2 Å². The number of guanidine groups is 1. The van der Waals surface area contributed by atoms with E-state index < -0.39 is 0 Å². The number of unbranched alkanes of at least 4 members (excludes halogenated alkanes) is 1. The average Bonchev–Trinajstić information content (AvgIpc) is 3.27. The molecule has 1 aromatic heterocycles. The van der Waals surface area contributed by atoms with Gasteiger partial charge >= 0.3 is 0 Å². The molecule has 1 atom stereocenters. The first-order valence-corrected chi connectivity index (χ1v) is 10.8. The fourth-order valence-electron chi connectivity index (χ4n) is 4.06. The highest BCUT2D eigenvalue weighted by Crippen LogP contribution is 2.20. The van der Waals surface area contributed by atoms with Gasteiger partial charge in [0.1, 0.15) is 12.4 Å². The summed E-state index contributed by atoms with van der Waals surface area (Å²) in [6, 6.07) is 0. The molecule has 1 unspecified atom stereocenters. The Morgan fingerprint density at radius 2 is 2.00 bits per heavy atom. The van der Waals surface area contributed by atoms with E-state index in [0.29, 0.717) is 6.54 Å². The second-order valence-electron chi connectivity index (χ2n) is 8.10. The molecule has 7 heteroatoms. The van der Waals surface area contributed by atoms with Crippen molar-refractivity contribution in [1.29, 1.82) is 0 Å². The van der Waals surface area contributed by atoms with Crippen LogP contribution in [0.2, 0.25) is 0 Å². The van der Waals surface area contributed by atoms with E-state index in [0.717, 1.165) is 43.2 Å². The molecular formula is C20H37N7. The van der Waals surface area contributed by atoms with E-state index in [-0.39, 0.29) is 0 Å². The number of likely N-dealkylation sites (tertiary alicyclic amines) is 2. The van der Waals surface area contributed by atoms with Crippen molar-refractivity contribution in [2.24, 2.45) is 18.0 Å². The van der Waals surface area contributed by atoms with Crippen molar-refractivity contribution in [2.75, 3.05) is 39.3 Å². The number of piperidine rings is 1. The number of aromatic nitrogens is 3. The molecule has 2 fully saturated rings. The van der Waals surface area contributed by atoms with Crippen LogP contribution in [0.1, 0.15) is 57.1 Å². The lowest BCUT2D eigenvalue weighted by Gasteiger charge is -2.29. The summed E-state index contributed by atoms with van der Waals surface area (Å²) in [7, 11) is 2.01. The number of nitrogens with zero attached hydrogens (tertiary/aromatic N) is 6. The molecule has 2 aliphatic rings. The van der Waals surface area contributed by atoms with Gasteiger partial charge in [-0.2, -0.15) is 0 Å². The minimum Gasteiger partial charge on any atom is -0.356 e. The quantitative estimate of drug-likeness (QED) is 0.450. The Morgan fingerprint density at radius 3 is 2.70 bits per heavy atom. The van der Waals surface area contributed by atoms with Crippen LogP contribution in [-0.4, -0.2) is 69.8 Å². The zero-order valence-electron chi connectivity index (χ0n) is 17.5. The molecule has 152 valence electrons. The second kappa shape index (κ2) is 10.1. The molecule has 2 aliphatic heterocycles. The van der Waals surface area contributed by atoms with E-state index in [9.17, 15) is 0 Å². The van der Waals surface area contributed by atoms with Crippen LogP contribution >= 0.6 is 0 Å². The first-order chi connectivity index (χ1) is 13.2. The third kappa shape index (κ3) is 5.67. The molecule has 0 bridgehead atoms. The molecular weight excluding hydrogens is 338 g/mol. The highest BCUT2D eigenvalue weighted by molar-refractivity contribution is 5.80. The van der Waals surface area contributed by atoms with E-state index in [2.05, 4.69) is 32.2 Å². The molecule has 1 N–H and O–H groups in total. The Balaban J connectivity index is 1.58. The van der Waals surface area contributed by atoms with Crippen LogP contribution in [-0.2, 0) is 13.6 Å². The molecule has 1 aromatic rings. The van der Waals surface area contributed by atoms with Gasteiger partial charge in [0.2, 0.25) is 0 Å². The SMILES string of the molecule is CCCCNC(=NCc1nnc(C)n1C)N1CCC(CN2CCCCC2)C1. The van der Waals surface area contributed by atoms with Crippen molar-refractivity contribution >= 4 is 5.96 Å². The van der Waals surface area contributed by atoms with Crippen molar-refractivity contribution in [1.82, 2.24) is 29.9 Å². The lowest BCUT2D eigenvalue weighted by atomic mass is 10.1. The topological polar surface area (TPSA) is 61.6 Å². The fraction of sp³-hybridized carbons (Fsp3) is 0.850. The van der Waals surface area contributed by atoms with Crippen molar-refractivity contribution < 1.29 is 0 Å². The van der Waals surface area contributed by atoms with Gasteiger partial charge in [-0.05, 0) is 51.6 Å². The van der Waals surface area contributed by atoms with E-state index in [1.807, 2.05) is 18.5 Å². The smallest absolute Gasteiger partial charge is 0.194 e.